The van der Waals surface area contributed by atoms with Gasteiger partial charge in [-0.3, -0.25) is 10.2 Å². The second kappa shape index (κ2) is 5.05. The maximum Gasteiger partial charge on any atom is 0.108 e. The second-order valence-electron chi connectivity index (χ2n) is 6.72. The Kier molecular flexibility index (Phi) is 3.55. The summed E-state index contributed by atoms with van der Waals surface area (Å²) < 4.78 is 5.81. The average Bonchev–Trinajstić information content (AvgIpc) is 3.05. The Labute approximate surface area is 116 Å². The van der Waals surface area contributed by atoms with E-state index >= 15 is 0 Å². The third-order valence-electron chi connectivity index (χ3n) is 4.72. The van der Waals surface area contributed by atoms with Crippen LogP contribution in [-0.4, -0.2) is 47.8 Å². The predicted octanol–water partition coefficient (Wildman–Crippen LogP) is 1.66. The van der Waals surface area contributed by atoms with Gasteiger partial charge in [-0.05, 0) is 46.0 Å². The molecule has 0 bridgehead atoms. The van der Waals surface area contributed by atoms with Crippen molar-refractivity contribution in [3.8, 4) is 6.07 Å². The number of ether oxygens (including phenoxy) is 1. The molecule has 0 amide bonds. The van der Waals surface area contributed by atoms with Crippen LogP contribution in [0.25, 0.3) is 0 Å². The molecule has 0 spiro atoms. The molecule has 0 radical (unpaired) electrons. The van der Waals surface area contributed by atoms with Crippen molar-refractivity contribution in [1.82, 2.24) is 10.2 Å². The molecule has 4 heteroatoms. The second-order valence-corrected chi connectivity index (χ2v) is 6.72. The Morgan fingerprint density at radius 1 is 1.21 bits per heavy atom. The Balaban J connectivity index is 1.62. The SMILES string of the molecule is CC1CN(C2CCC(C#N)(NC3CC3)C2)CC(C)O1. The van der Waals surface area contributed by atoms with Gasteiger partial charge in [0, 0.05) is 25.2 Å². The van der Waals surface area contributed by atoms with E-state index in [0.29, 0.717) is 24.3 Å². The van der Waals surface area contributed by atoms with E-state index < -0.39 is 0 Å². The van der Waals surface area contributed by atoms with Crippen LogP contribution >= 0.6 is 0 Å². The lowest BCUT2D eigenvalue weighted by Crippen LogP contribution is -2.51. The molecule has 4 atom stereocenters. The highest BCUT2D eigenvalue weighted by Crippen LogP contribution is 2.36. The first-order valence-electron chi connectivity index (χ1n) is 7.69. The van der Waals surface area contributed by atoms with Gasteiger partial charge in [-0.2, -0.15) is 5.26 Å². The molecule has 1 aliphatic heterocycles. The van der Waals surface area contributed by atoms with Crippen LogP contribution < -0.4 is 5.32 Å². The summed E-state index contributed by atoms with van der Waals surface area (Å²) in [5.41, 5.74) is -0.253. The molecule has 19 heavy (non-hydrogen) atoms. The molecule has 2 saturated carbocycles. The first kappa shape index (κ1) is 13.4. The summed E-state index contributed by atoms with van der Waals surface area (Å²) in [6, 6.07) is 3.74. The fourth-order valence-electron chi connectivity index (χ4n) is 3.73. The van der Waals surface area contributed by atoms with E-state index in [1.165, 1.54) is 12.8 Å². The largest absolute Gasteiger partial charge is 0.373 e. The molecule has 106 valence electrons. The third kappa shape index (κ3) is 2.94. The highest BCUT2D eigenvalue weighted by molar-refractivity contribution is 5.15. The molecular weight excluding hydrogens is 238 g/mol. The molecule has 0 aromatic carbocycles. The van der Waals surface area contributed by atoms with Gasteiger partial charge in [0.1, 0.15) is 5.54 Å². The Hall–Kier alpha value is -0.630. The van der Waals surface area contributed by atoms with Crippen molar-refractivity contribution in [2.75, 3.05) is 13.1 Å². The highest BCUT2D eigenvalue weighted by Gasteiger charge is 2.45. The van der Waals surface area contributed by atoms with Crippen molar-refractivity contribution in [1.29, 1.82) is 5.26 Å². The number of nitrogens with one attached hydrogen (secondary N) is 1. The first-order valence-corrected chi connectivity index (χ1v) is 7.69. The van der Waals surface area contributed by atoms with E-state index in [0.717, 1.165) is 32.4 Å². The summed E-state index contributed by atoms with van der Waals surface area (Å²) in [6.07, 6.45) is 6.27. The van der Waals surface area contributed by atoms with Crippen LogP contribution in [0.2, 0.25) is 0 Å². The van der Waals surface area contributed by atoms with E-state index in [2.05, 4.69) is 30.1 Å². The van der Waals surface area contributed by atoms with Gasteiger partial charge in [-0.25, -0.2) is 0 Å². The lowest BCUT2D eigenvalue weighted by Gasteiger charge is -2.39. The van der Waals surface area contributed by atoms with E-state index in [1.54, 1.807) is 0 Å². The van der Waals surface area contributed by atoms with E-state index in [-0.39, 0.29) is 5.54 Å². The fourth-order valence-corrected chi connectivity index (χ4v) is 3.73. The quantitative estimate of drug-likeness (QED) is 0.841. The van der Waals surface area contributed by atoms with Crippen molar-refractivity contribution < 1.29 is 4.74 Å². The Morgan fingerprint density at radius 2 is 1.89 bits per heavy atom. The van der Waals surface area contributed by atoms with Crippen molar-refractivity contribution in [2.45, 2.75) is 75.8 Å². The molecule has 4 unspecified atom stereocenters. The van der Waals surface area contributed by atoms with Gasteiger partial charge in [0.25, 0.3) is 0 Å². The summed E-state index contributed by atoms with van der Waals surface area (Å²) in [5, 5.41) is 13.1. The molecular formula is C15H25N3O. The van der Waals surface area contributed by atoms with E-state index in [9.17, 15) is 5.26 Å². The number of rotatable bonds is 3. The highest BCUT2D eigenvalue weighted by atomic mass is 16.5. The third-order valence-corrected chi connectivity index (χ3v) is 4.72. The predicted molar refractivity (Wildman–Crippen MR) is 73.7 cm³/mol. The molecule has 0 aromatic heterocycles. The van der Waals surface area contributed by atoms with Crippen LogP contribution in [0, 0.1) is 11.3 Å². The van der Waals surface area contributed by atoms with Crippen molar-refractivity contribution in [3.05, 3.63) is 0 Å². The van der Waals surface area contributed by atoms with Crippen LogP contribution in [0.1, 0.15) is 46.0 Å². The van der Waals surface area contributed by atoms with Crippen molar-refractivity contribution in [2.24, 2.45) is 0 Å². The van der Waals surface area contributed by atoms with Gasteiger partial charge in [-0.1, -0.05) is 0 Å². The molecule has 4 nitrogen and oxygen atoms in total. The zero-order valence-electron chi connectivity index (χ0n) is 12.1. The summed E-state index contributed by atoms with van der Waals surface area (Å²) in [6.45, 7) is 6.33. The first-order chi connectivity index (χ1) is 9.10. The average molecular weight is 263 g/mol. The normalized spacial score (nSPS) is 44.2. The van der Waals surface area contributed by atoms with Gasteiger partial charge in [0.15, 0.2) is 0 Å². The lowest BCUT2D eigenvalue weighted by atomic mass is 9.98. The van der Waals surface area contributed by atoms with E-state index in [4.69, 9.17) is 4.74 Å². The minimum absolute atomic E-state index is 0.253. The monoisotopic (exact) mass is 263 g/mol. The maximum absolute atomic E-state index is 9.56. The van der Waals surface area contributed by atoms with Gasteiger partial charge in [-0.15, -0.1) is 0 Å². The molecule has 3 aliphatic rings. The number of morpholine rings is 1. The van der Waals surface area contributed by atoms with E-state index in [1.807, 2.05) is 0 Å². The summed E-state index contributed by atoms with van der Waals surface area (Å²) in [5.74, 6) is 0. The lowest BCUT2D eigenvalue weighted by molar-refractivity contribution is -0.0800. The summed E-state index contributed by atoms with van der Waals surface area (Å²) in [7, 11) is 0. The molecule has 1 heterocycles. The summed E-state index contributed by atoms with van der Waals surface area (Å²) in [4.78, 5) is 2.55. The maximum atomic E-state index is 9.56. The molecule has 3 fully saturated rings. The number of nitrogens with zero attached hydrogens (tertiary/aromatic N) is 2. The Morgan fingerprint density at radius 3 is 2.47 bits per heavy atom. The molecule has 2 aliphatic carbocycles. The fraction of sp³-hybridized carbons (Fsp3) is 0.933. The molecule has 1 N–H and O–H groups in total. The van der Waals surface area contributed by atoms with Gasteiger partial charge in [0.2, 0.25) is 0 Å². The van der Waals surface area contributed by atoms with Crippen molar-refractivity contribution >= 4 is 0 Å². The van der Waals surface area contributed by atoms with Gasteiger partial charge in [0.05, 0.1) is 18.3 Å². The van der Waals surface area contributed by atoms with Gasteiger partial charge >= 0.3 is 0 Å². The summed E-state index contributed by atoms with van der Waals surface area (Å²) >= 11 is 0. The van der Waals surface area contributed by atoms with Crippen LogP contribution in [0.5, 0.6) is 0 Å². The van der Waals surface area contributed by atoms with Crippen LogP contribution in [0.15, 0.2) is 0 Å². The number of nitriles is 1. The van der Waals surface area contributed by atoms with Crippen LogP contribution in [-0.2, 0) is 4.74 Å². The molecule has 3 rings (SSSR count). The van der Waals surface area contributed by atoms with Crippen molar-refractivity contribution in [3.63, 3.8) is 0 Å². The zero-order chi connectivity index (χ0) is 13.5. The Bertz CT molecular complexity index is 366. The molecule has 0 aromatic rings. The number of hydrogen-bond donors (Lipinski definition) is 1. The van der Waals surface area contributed by atoms with Crippen LogP contribution in [0.4, 0.5) is 0 Å². The zero-order valence-corrected chi connectivity index (χ0v) is 12.1. The molecule has 1 saturated heterocycles. The minimum atomic E-state index is -0.253. The minimum Gasteiger partial charge on any atom is -0.373 e. The standard InChI is InChI=1S/C15H25N3O/c1-11-8-18(9-12(2)19-11)14-5-6-15(7-14,10-16)17-13-3-4-13/h11-14,17H,3-9H2,1-2H3. The van der Waals surface area contributed by atoms with Crippen LogP contribution in [0.3, 0.4) is 0 Å². The topological polar surface area (TPSA) is 48.3 Å². The number of hydrogen-bond acceptors (Lipinski definition) is 4. The smallest absolute Gasteiger partial charge is 0.108 e. The van der Waals surface area contributed by atoms with Gasteiger partial charge < -0.3 is 4.74 Å².